The molecule has 0 fully saturated rings. The van der Waals surface area contributed by atoms with Crippen molar-refractivity contribution in [3.8, 4) is 11.1 Å². The van der Waals surface area contributed by atoms with E-state index < -0.39 is 0 Å². The molecule has 0 amide bonds. The van der Waals surface area contributed by atoms with Crippen LogP contribution in [-0.4, -0.2) is 6.04 Å². The minimum atomic E-state index is 0.532. The van der Waals surface area contributed by atoms with Crippen LogP contribution in [-0.2, 0) is 6.54 Å². The number of nitrogens with one attached hydrogen (secondary N) is 1. The summed E-state index contributed by atoms with van der Waals surface area (Å²) in [5.41, 5.74) is 3.97. The fraction of sp³-hybridized carbons (Fsp3) is 0.286. The predicted molar refractivity (Wildman–Crippen MR) is 71.7 cm³/mol. The average molecular weight is 231 g/mol. The Hall–Kier alpha value is -1.12. The molecule has 1 heterocycles. The van der Waals surface area contributed by atoms with Gasteiger partial charge in [0.1, 0.15) is 0 Å². The number of benzene rings is 1. The van der Waals surface area contributed by atoms with E-state index in [4.69, 9.17) is 0 Å². The molecule has 1 nitrogen and oxygen atoms in total. The summed E-state index contributed by atoms with van der Waals surface area (Å²) in [6.45, 7) is 5.28. The van der Waals surface area contributed by atoms with Crippen LogP contribution in [0.3, 0.4) is 0 Å². The molecule has 1 aromatic heterocycles. The van der Waals surface area contributed by atoms with Gasteiger partial charge < -0.3 is 5.32 Å². The first-order chi connectivity index (χ1) is 7.75. The molecule has 16 heavy (non-hydrogen) atoms. The molecule has 0 saturated carbocycles. The third-order valence-electron chi connectivity index (χ3n) is 2.50. The molecular formula is C14H17NS. The average Bonchev–Trinajstić information content (AvgIpc) is 2.80. The maximum Gasteiger partial charge on any atom is 0.0208 e. The molecule has 0 spiro atoms. The molecular weight excluding hydrogens is 214 g/mol. The quantitative estimate of drug-likeness (QED) is 0.841. The van der Waals surface area contributed by atoms with Crippen molar-refractivity contribution in [3.63, 3.8) is 0 Å². The summed E-state index contributed by atoms with van der Waals surface area (Å²) in [5.74, 6) is 0. The van der Waals surface area contributed by atoms with E-state index in [2.05, 4.69) is 60.3 Å². The summed E-state index contributed by atoms with van der Waals surface area (Å²) in [7, 11) is 0. The minimum Gasteiger partial charge on any atom is -0.310 e. The fourth-order valence-corrected chi connectivity index (χ4v) is 2.28. The van der Waals surface area contributed by atoms with Gasteiger partial charge in [0.05, 0.1) is 0 Å². The van der Waals surface area contributed by atoms with Gasteiger partial charge in [0.25, 0.3) is 0 Å². The van der Waals surface area contributed by atoms with Crippen molar-refractivity contribution in [1.82, 2.24) is 5.32 Å². The zero-order valence-electron chi connectivity index (χ0n) is 9.73. The topological polar surface area (TPSA) is 12.0 Å². The Morgan fingerprint density at radius 3 is 2.75 bits per heavy atom. The second-order valence-corrected chi connectivity index (χ2v) is 5.03. The van der Waals surface area contributed by atoms with Gasteiger partial charge in [-0.2, -0.15) is 11.3 Å². The highest BCUT2D eigenvalue weighted by atomic mass is 32.1. The van der Waals surface area contributed by atoms with Crippen LogP contribution < -0.4 is 5.32 Å². The molecule has 0 aliphatic heterocycles. The van der Waals surface area contributed by atoms with Gasteiger partial charge in [-0.1, -0.05) is 32.0 Å². The van der Waals surface area contributed by atoms with Crippen LogP contribution in [0.5, 0.6) is 0 Å². The predicted octanol–water partition coefficient (Wildman–Crippen LogP) is 3.91. The lowest BCUT2D eigenvalue weighted by Crippen LogP contribution is -2.21. The Balaban J connectivity index is 2.14. The van der Waals surface area contributed by atoms with E-state index >= 15 is 0 Å². The summed E-state index contributed by atoms with van der Waals surface area (Å²) in [6.07, 6.45) is 0. The van der Waals surface area contributed by atoms with Crippen molar-refractivity contribution in [2.75, 3.05) is 0 Å². The molecule has 0 atom stereocenters. The van der Waals surface area contributed by atoms with Gasteiger partial charge in [-0.15, -0.1) is 0 Å². The third-order valence-corrected chi connectivity index (χ3v) is 3.18. The van der Waals surface area contributed by atoms with E-state index in [0.29, 0.717) is 6.04 Å². The molecule has 0 radical (unpaired) electrons. The van der Waals surface area contributed by atoms with Crippen molar-refractivity contribution in [3.05, 3.63) is 46.7 Å². The van der Waals surface area contributed by atoms with Crippen LogP contribution in [0, 0.1) is 0 Å². The van der Waals surface area contributed by atoms with Gasteiger partial charge in [-0.3, -0.25) is 0 Å². The zero-order chi connectivity index (χ0) is 11.4. The van der Waals surface area contributed by atoms with E-state index in [-0.39, 0.29) is 0 Å². The molecule has 1 aromatic carbocycles. The maximum absolute atomic E-state index is 3.44. The molecule has 0 aliphatic rings. The van der Waals surface area contributed by atoms with E-state index in [1.165, 1.54) is 16.7 Å². The largest absolute Gasteiger partial charge is 0.310 e. The highest BCUT2D eigenvalue weighted by molar-refractivity contribution is 7.08. The monoisotopic (exact) mass is 231 g/mol. The van der Waals surface area contributed by atoms with Crippen molar-refractivity contribution >= 4 is 11.3 Å². The minimum absolute atomic E-state index is 0.532. The Kier molecular flexibility index (Phi) is 3.75. The lowest BCUT2D eigenvalue weighted by molar-refractivity contribution is 0.589. The van der Waals surface area contributed by atoms with Gasteiger partial charge in [0.15, 0.2) is 0 Å². The molecule has 2 heteroatoms. The third kappa shape index (κ3) is 2.94. The first-order valence-corrected chi connectivity index (χ1v) is 6.55. The second kappa shape index (κ2) is 5.28. The van der Waals surface area contributed by atoms with Gasteiger partial charge in [-0.05, 0) is 39.6 Å². The molecule has 0 bridgehead atoms. The van der Waals surface area contributed by atoms with Crippen molar-refractivity contribution in [1.29, 1.82) is 0 Å². The van der Waals surface area contributed by atoms with Gasteiger partial charge in [-0.25, -0.2) is 0 Å². The van der Waals surface area contributed by atoms with E-state index in [1.807, 2.05) is 0 Å². The molecule has 0 aliphatic carbocycles. The molecule has 84 valence electrons. The normalized spacial score (nSPS) is 10.9. The Morgan fingerprint density at radius 1 is 1.19 bits per heavy atom. The summed E-state index contributed by atoms with van der Waals surface area (Å²) in [4.78, 5) is 0. The second-order valence-electron chi connectivity index (χ2n) is 4.25. The summed E-state index contributed by atoms with van der Waals surface area (Å²) in [5, 5.41) is 7.75. The highest BCUT2D eigenvalue weighted by Crippen LogP contribution is 2.22. The number of thiophene rings is 1. The lowest BCUT2D eigenvalue weighted by atomic mass is 10.1. The molecule has 1 N–H and O–H groups in total. The Morgan fingerprint density at radius 2 is 2.06 bits per heavy atom. The number of rotatable bonds is 4. The van der Waals surface area contributed by atoms with Crippen LogP contribution >= 0.6 is 11.3 Å². The van der Waals surface area contributed by atoms with Gasteiger partial charge in [0, 0.05) is 12.6 Å². The Bertz CT molecular complexity index is 432. The van der Waals surface area contributed by atoms with Crippen LogP contribution in [0.15, 0.2) is 41.1 Å². The lowest BCUT2D eigenvalue weighted by Gasteiger charge is -2.09. The van der Waals surface area contributed by atoms with Crippen LogP contribution in [0.1, 0.15) is 19.4 Å². The highest BCUT2D eigenvalue weighted by Gasteiger charge is 2.00. The van der Waals surface area contributed by atoms with Crippen LogP contribution in [0.4, 0.5) is 0 Å². The fourth-order valence-electron chi connectivity index (χ4n) is 1.61. The van der Waals surface area contributed by atoms with Crippen molar-refractivity contribution in [2.24, 2.45) is 0 Å². The Labute approximate surface area is 101 Å². The molecule has 2 aromatic rings. The van der Waals surface area contributed by atoms with Gasteiger partial charge >= 0.3 is 0 Å². The molecule has 0 unspecified atom stereocenters. The smallest absolute Gasteiger partial charge is 0.0208 e. The van der Waals surface area contributed by atoms with Crippen LogP contribution in [0.25, 0.3) is 11.1 Å². The zero-order valence-corrected chi connectivity index (χ0v) is 10.6. The summed E-state index contributed by atoms with van der Waals surface area (Å²) in [6, 6.07) is 11.4. The SMILES string of the molecule is CC(C)NCc1cccc(-c2ccsc2)c1. The number of hydrogen-bond donors (Lipinski definition) is 1. The van der Waals surface area contributed by atoms with E-state index in [9.17, 15) is 0 Å². The standard InChI is InChI=1S/C14H17NS/c1-11(2)15-9-12-4-3-5-13(8-12)14-6-7-16-10-14/h3-8,10-11,15H,9H2,1-2H3. The van der Waals surface area contributed by atoms with Crippen LogP contribution in [0.2, 0.25) is 0 Å². The first-order valence-electron chi connectivity index (χ1n) is 5.60. The van der Waals surface area contributed by atoms with E-state index in [0.717, 1.165) is 6.54 Å². The first kappa shape index (κ1) is 11.4. The van der Waals surface area contributed by atoms with Gasteiger partial charge in [0.2, 0.25) is 0 Å². The van der Waals surface area contributed by atoms with Crippen molar-refractivity contribution in [2.45, 2.75) is 26.4 Å². The summed E-state index contributed by atoms with van der Waals surface area (Å²) < 4.78 is 0. The molecule has 2 rings (SSSR count). The van der Waals surface area contributed by atoms with Crippen molar-refractivity contribution < 1.29 is 0 Å². The maximum atomic E-state index is 3.44. The number of hydrogen-bond acceptors (Lipinski definition) is 2. The molecule has 0 saturated heterocycles. The van der Waals surface area contributed by atoms with E-state index in [1.54, 1.807) is 11.3 Å². The summed E-state index contributed by atoms with van der Waals surface area (Å²) >= 11 is 1.74.